The summed E-state index contributed by atoms with van der Waals surface area (Å²) in [4.78, 5) is 40.9. The van der Waals surface area contributed by atoms with Gasteiger partial charge in [0.05, 0.1) is 11.1 Å². The molecule has 2 aromatic carbocycles. The number of hydrogen-bond acceptors (Lipinski definition) is 4. The van der Waals surface area contributed by atoms with Crippen molar-refractivity contribution < 1.29 is 14.4 Å². The molecule has 2 amide bonds. The third-order valence-electron chi connectivity index (χ3n) is 3.67. The zero-order chi connectivity index (χ0) is 18.4. The van der Waals surface area contributed by atoms with Gasteiger partial charge in [-0.1, -0.05) is 48.5 Å². The van der Waals surface area contributed by atoms with E-state index in [1.165, 1.54) is 12.3 Å². The van der Waals surface area contributed by atoms with Gasteiger partial charge in [-0.25, -0.2) is 0 Å². The third-order valence-corrected chi connectivity index (χ3v) is 3.67. The van der Waals surface area contributed by atoms with Crippen LogP contribution in [0.2, 0.25) is 0 Å². The van der Waals surface area contributed by atoms with Crippen LogP contribution in [0.5, 0.6) is 0 Å². The van der Waals surface area contributed by atoms with Crippen LogP contribution in [0, 0.1) is 0 Å². The summed E-state index contributed by atoms with van der Waals surface area (Å²) < 4.78 is 0. The minimum Gasteiger partial charge on any atom is -0.289 e. The number of carbonyl (C=O) groups is 3. The minimum atomic E-state index is -0.581. The maximum absolute atomic E-state index is 12.7. The Morgan fingerprint density at radius 3 is 1.96 bits per heavy atom. The van der Waals surface area contributed by atoms with E-state index < -0.39 is 11.8 Å². The van der Waals surface area contributed by atoms with E-state index in [-0.39, 0.29) is 16.9 Å². The molecule has 26 heavy (non-hydrogen) atoms. The Bertz CT molecular complexity index is 941. The predicted octanol–water partition coefficient (Wildman–Crippen LogP) is 2.39. The number of amides is 2. The maximum atomic E-state index is 12.7. The van der Waals surface area contributed by atoms with Crippen molar-refractivity contribution in [3.05, 3.63) is 101 Å². The normalized spacial score (nSPS) is 10.0. The van der Waals surface area contributed by atoms with Gasteiger partial charge in [-0.2, -0.15) is 0 Å². The second-order valence-electron chi connectivity index (χ2n) is 5.39. The summed E-state index contributed by atoms with van der Waals surface area (Å²) in [5.74, 6) is -1.35. The van der Waals surface area contributed by atoms with E-state index >= 15 is 0 Å². The number of hydrazine groups is 1. The Labute approximate surface area is 149 Å². The van der Waals surface area contributed by atoms with Crippen LogP contribution in [0.1, 0.15) is 36.6 Å². The first-order chi connectivity index (χ1) is 12.7. The van der Waals surface area contributed by atoms with Crippen molar-refractivity contribution in [3.8, 4) is 0 Å². The highest BCUT2D eigenvalue weighted by Crippen LogP contribution is 2.14. The molecule has 0 aliphatic heterocycles. The first-order valence-electron chi connectivity index (χ1n) is 7.86. The van der Waals surface area contributed by atoms with E-state index in [0.717, 1.165) is 0 Å². The second kappa shape index (κ2) is 7.85. The summed E-state index contributed by atoms with van der Waals surface area (Å²) in [6.45, 7) is 0. The topological polar surface area (TPSA) is 88.2 Å². The highest BCUT2D eigenvalue weighted by molar-refractivity contribution is 6.15. The largest absolute Gasteiger partial charge is 0.289 e. The molecule has 0 atom stereocenters. The molecule has 0 bridgehead atoms. The fraction of sp³-hybridized carbons (Fsp3) is 0. The fourth-order valence-corrected chi connectivity index (χ4v) is 2.37. The summed E-state index contributed by atoms with van der Waals surface area (Å²) in [6, 6.07) is 18.3. The maximum Gasteiger partial charge on any atom is 0.271 e. The summed E-state index contributed by atoms with van der Waals surface area (Å²) in [5.41, 5.74) is 5.85. The first-order valence-corrected chi connectivity index (χ1v) is 7.86. The molecule has 0 fully saturated rings. The Hall–Kier alpha value is -3.80. The molecule has 0 unspecified atom stereocenters. The molecule has 3 aromatic rings. The molecule has 128 valence electrons. The number of nitrogens with zero attached hydrogens (tertiary/aromatic N) is 1. The molecule has 0 aliphatic carbocycles. The molecule has 3 rings (SSSR count). The van der Waals surface area contributed by atoms with Gasteiger partial charge in [-0.05, 0) is 18.2 Å². The van der Waals surface area contributed by atoms with Crippen LogP contribution < -0.4 is 10.9 Å². The Balaban J connectivity index is 1.76. The molecule has 0 spiro atoms. The van der Waals surface area contributed by atoms with Crippen molar-refractivity contribution in [1.29, 1.82) is 0 Å². The van der Waals surface area contributed by atoms with Crippen LogP contribution >= 0.6 is 0 Å². The number of rotatable bonds is 4. The lowest BCUT2D eigenvalue weighted by Crippen LogP contribution is -2.42. The molecule has 0 saturated carbocycles. The second-order valence-corrected chi connectivity index (χ2v) is 5.39. The van der Waals surface area contributed by atoms with E-state index in [2.05, 4.69) is 15.8 Å². The van der Waals surface area contributed by atoms with Crippen LogP contribution in [0.4, 0.5) is 0 Å². The van der Waals surface area contributed by atoms with Gasteiger partial charge in [0, 0.05) is 23.5 Å². The zero-order valence-electron chi connectivity index (χ0n) is 13.7. The summed E-state index contributed by atoms with van der Waals surface area (Å²) in [7, 11) is 0. The molecule has 1 heterocycles. The fourth-order valence-electron chi connectivity index (χ4n) is 2.37. The van der Waals surface area contributed by atoms with Crippen molar-refractivity contribution in [2.75, 3.05) is 0 Å². The number of carbonyl (C=O) groups excluding carboxylic acids is 3. The molecule has 0 aliphatic rings. The summed E-state index contributed by atoms with van der Waals surface area (Å²) in [5, 5.41) is 0. The minimum absolute atomic E-state index is 0.174. The average Bonchev–Trinajstić information content (AvgIpc) is 2.72. The Morgan fingerprint density at radius 1 is 0.654 bits per heavy atom. The van der Waals surface area contributed by atoms with Gasteiger partial charge in [0.1, 0.15) is 0 Å². The van der Waals surface area contributed by atoms with E-state index in [1.54, 1.807) is 60.8 Å². The number of aromatic nitrogens is 1. The molecule has 0 radical (unpaired) electrons. The van der Waals surface area contributed by atoms with Crippen LogP contribution in [0.25, 0.3) is 0 Å². The van der Waals surface area contributed by atoms with Crippen molar-refractivity contribution >= 4 is 17.6 Å². The van der Waals surface area contributed by atoms with Gasteiger partial charge >= 0.3 is 0 Å². The van der Waals surface area contributed by atoms with Gasteiger partial charge < -0.3 is 0 Å². The van der Waals surface area contributed by atoms with Crippen molar-refractivity contribution in [3.63, 3.8) is 0 Å². The van der Waals surface area contributed by atoms with Crippen LogP contribution in [-0.2, 0) is 0 Å². The molecule has 1 aromatic heterocycles. The summed E-state index contributed by atoms with van der Waals surface area (Å²) in [6.07, 6.45) is 2.93. The molecule has 6 heteroatoms. The van der Waals surface area contributed by atoms with E-state index in [4.69, 9.17) is 0 Å². The van der Waals surface area contributed by atoms with E-state index in [9.17, 15) is 14.4 Å². The monoisotopic (exact) mass is 345 g/mol. The van der Waals surface area contributed by atoms with Gasteiger partial charge in [0.25, 0.3) is 11.8 Å². The molecular weight excluding hydrogens is 330 g/mol. The Kier molecular flexibility index (Phi) is 5.14. The quantitative estimate of drug-likeness (QED) is 0.561. The number of pyridine rings is 1. The molecule has 0 saturated heterocycles. The first kappa shape index (κ1) is 17.0. The molecular formula is C20H15N3O3. The number of ketones is 1. The lowest BCUT2D eigenvalue weighted by molar-refractivity contribution is 0.0844. The zero-order valence-corrected chi connectivity index (χ0v) is 13.7. The third kappa shape index (κ3) is 3.81. The SMILES string of the molecule is O=C(NNC(=O)c1ccccc1C(=O)c1ccccc1)c1cccnc1. The smallest absolute Gasteiger partial charge is 0.271 e. The number of benzene rings is 2. The van der Waals surface area contributed by atoms with Gasteiger partial charge in [-0.15, -0.1) is 0 Å². The van der Waals surface area contributed by atoms with Gasteiger partial charge in [-0.3, -0.25) is 30.2 Å². The summed E-state index contributed by atoms with van der Waals surface area (Å²) >= 11 is 0. The van der Waals surface area contributed by atoms with Gasteiger partial charge in [0.15, 0.2) is 5.78 Å². The highest BCUT2D eigenvalue weighted by atomic mass is 16.2. The van der Waals surface area contributed by atoms with Crippen molar-refractivity contribution in [2.24, 2.45) is 0 Å². The van der Waals surface area contributed by atoms with Crippen molar-refractivity contribution in [1.82, 2.24) is 15.8 Å². The van der Waals surface area contributed by atoms with Gasteiger partial charge in [0.2, 0.25) is 0 Å². The van der Waals surface area contributed by atoms with E-state index in [0.29, 0.717) is 11.1 Å². The lowest BCUT2D eigenvalue weighted by atomic mass is 9.98. The molecule has 6 nitrogen and oxygen atoms in total. The van der Waals surface area contributed by atoms with Crippen molar-refractivity contribution in [2.45, 2.75) is 0 Å². The Morgan fingerprint density at radius 2 is 1.27 bits per heavy atom. The van der Waals surface area contributed by atoms with Crippen LogP contribution in [0.15, 0.2) is 79.1 Å². The number of nitrogens with one attached hydrogen (secondary N) is 2. The predicted molar refractivity (Wildman–Crippen MR) is 95.5 cm³/mol. The van der Waals surface area contributed by atoms with Crippen LogP contribution in [0.3, 0.4) is 0 Å². The average molecular weight is 345 g/mol. The lowest BCUT2D eigenvalue weighted by Gasteiger charge is -2.10. The highest BCUT2D eigenvalue weighted by Gasteiger charge is 2.18. The molecule has 2 N–H and O–H groups in total. The van der Waals surface area contributed by atoms with Crippen LogP contribution in [-0.4, -0.2) is 22.6 Å². The standard InChI is InChI=1S/C20H15N3O3/c24-18(14-7-2-1-3-8-14)16-10-4-5-11-17(16)20(26)23-22-19(25)15-9-6-12-21-13-15/h1-13H,(H,22,25)(H,23,26). The number of hydrogen-bond donors (Lipinski definition) is 2. The van der Waals surface area contributed by atoms with E-state index in [1.807, 2.05) is 6.07 Å².